The van der Waals surface area contributed by atoms with Crippen LogP contribution in [0, 0.1) is 12.3 Å². The average molecular weight is 447 g/mol. The molecule has 0 unspecified atom stereocenters. The van der Waals surface area contributed by atoms with Gasteiger partial charge in [0.15, 0.2) is 6.20 Å². The van der Waals surface area contributed by atoms with Crippen molar-refractivity contribution in [2.24, 2.45) is 12.5 Å². The van der Waals surface area contributed by atoms with Crippen molar-refractivity contribution < 1.29 is 11.7 Å². The van der Waals surface area contributed by atoms with Crippen LogP contribution >= 0.6 is 0 Å². The number of rotatable bonds is 2. The van der Waals surface area contributed by atoms with Crippen molar-refractivity contribution in [2.45, 2.75) is 34.1 Å². The van der Waals surface area contributed by atoms with Crippen molar-refractivity contribution in [3.63, 3.8) is 0 Å². The van der Waals surface area contributed by atoms with Gasteiger partial charge in [0.25, 0.3) is 0 Å². The standard InChI is InChI=1S/C32H30NO/c1-20-10-13-25-27-17-23-12-11-22-8-6-7-9-24(22)26(23)18-29(27)34-31(25)30(20)28-16-21(14-15-33(28)5)19-32(2,3)4/h6-18H,19H2,1-5H3/q+1/i19D2. The van der Waals surface area contributed by atoms with E-state index in [2.05, 4.69) is 72.2 Å². The Morgan fingerprint density at radius 1 is 0.824 bits per heavy atom. The predicted octanol–water partition coefficient (Wildman–Crippen LogP) is 8.28. The zero-order chi connectivity index (χ0) is 25.4. The first-order valence-electron chi connectivity index (χ1n) is 12.8. The average Bonchev–Trinajstić information content (AvgIpc) is 3.20. The van der Waals surface area contributed by atoms with Gasteiger partial charge in [-0.3, -0.25) is 0 Å². The molecule has 0 radical (unpaired) electrons. The van der Waals surface area contributed by atoms with Gasteiger partial charge >= 0.3 is 0 Å². The molecule has 0 aliphatic carbocycles. The molecule has 6 aromatic rings. The molecule has 4 aromatic carbocycles. The summed E-state index contributed by atoms with van der Waals surface area (Å²) in [7, 11) is 2.01. The van der Waals surface area contributed by atoms with Crippen molar-refractivity contribution >= 4 is 43.5 Å². The Labute approximate surface area is 203 Å². The molecule has 0 saturated carbocycles. The second-order valence-corrected chi connectivity index (χ2v) is 10.4. The number of pyridine rings is 1. The maximum atomic E-state index is 8.84. The van der Waals surface area contributed by atoms with Gasteiger partial charge in [0.1, 0.15) is 18.2 Å². The molecular weight excluding hydrogens is 414 g/mol. The number of aryl methyl sites for hydroxylation is 2. The van der Waals surface area contributed by atoms with Crippen LogP contribution in [0.5, 0.6) is 0 Å². The number of hydrogen-bond acceptors (Lipinski definition) is 1. The molecule has 0 saturated heterocycles. The quantitative estimate of drug-likeness (QED) is 0.193. The molecule has 168 valence electrons. The number of nitrogens with zero attached hydrogens (tertiary/aromatic N) is 1. The van der Waals surface area contributed by atoms with Crippen molar-refractivity contribution in [3.05, 3.63) is 90.1 Å². The van der Waals surface area contributed by atoms with Gasteiger partial charge in [-0.2, -0.15) is 0 Å². The largest absolute Gasteiger partial charge is 0.455 e. The molecule has 0 bridgehead atoms. The molecule has 0 spiro atoms. The van der Waals surface area contributed by atoms with E-state index in [-0.39, 0.29) is 0 Å². The molecule has 0 fully saturated rings. The fourth-order valence-electron chi connectivity index (χ4n) is 5.09. The van der Waals surface area contributed by atoms with Crippen LogP contribution in [0.2, 0.25) is 0 Å². The molecule has 6 rings (SSSR count). The second-order valence-electron chi connectivity index (χ2n) is 10.4. The minimum absolute atomic E-state index is 0.534. The maximum absolute atomic E-state index is 8.84. The molecule has 2 heteroatoms. The maximum Gasteiger partial charge on any atom is 0.216 e. The normalized spacial score (nSPS) is 13.7. The summed E-state index contributed by atoms with van der Waals surface area (Å²) < 4.78 is 26.3. The summed E-state index contributed by atoms with van der Waals surface area (Å²) in [6.07, 6.45) is 0.472. The molecule has 2 aromatic heterocycles. The Hall–Kier alpha value is -3.65. The fourth-order valence-corrected chi connectivity index (χ4v) is 5.09. The molecule has 0 amide bonds. The Morgan fingerprint density at radius 2 is 1.62 bits per heavy atom. The number of hydrogen-bond donors (Lipinski definition) is 0. The lowest BCUT2D eigenvalue weighted by Crippen LogP contribution is -2.31. The smallest absolute Gasteiger partial charge is 0.216 e. The third-order valence-corrected chi connectivity index (χ3v) is 6.64. The molecule has 0 atom stereocenters. The van der Waals surface area contributed by atoms with Crippen LogP contribution in [0.25, 0.3) is 54.7 Å². The van der Waals surface area contributed by atoms with E-state index in [9.17, 15) is 0 Å². The van der Waals surface area contributed by atoms with Gasteiger partial charge in [0, 0.05) is 25.6 Å². The molecule has 0 aliphatic heterocycles. The van der Waals surface area contributed by atoms with Crippen LogP contribution in [-0.4, -0.2) is 0 Å². The fraction of sp³-hybridized carbons (Fsp3) is 0.219. The number of benzene rings is 4. The first-order valence-corrected chi connectivity index (χ1v) is 11.8. The zero-order valence-electron chi connectivity index (χ0n) is 22.4. The van der Waals surface area contributed by atoms with Crippen LogP contribution in [0.15, 0.2) is 83.4 Å². The number of aromatic nitrogens is 1. The van der Waals surface area contributed by atoms with Crippen molar-refractivity contribution in [1.82, 2.24) is 0 Å². The minimum Gasteiger partial charge on any atom is -0.455 e. The first-order chi connectivity index (χ1) is 17.1. The van der Waals surface area contributed by atoms with Crippen LogP contribution in [-0.2, 0) is 13.4 Å². The molecule has 0 aliphatic rings. The highest BCUT2D eigenvalue weighted by Crippen LogP contribution is 2.40. The number of fused-ring (bicyclic) bond motifs is 6. The summed E-state index contributed by atoms with van der Waals surface area (Å²) in [6.45, 7) is 7.93. The van der Waals surface area contributed by atoms with E-state index in [1.54, 1.807) is 0 Å². The summed E-state index contributed by atoms with van der Waals surface area (Å²) in [4.78, 5) is 0. The zero-order valence-corrected chi connectivity index (χ0v) is 20.4. The Bertz CT molecular complexity index is 1820. The Balaban J connectivity index is 1.65. The molecule has 2 heterocycles. The van der Waals surface area contributed by atoms with Crippen molar-refractivity contribution in [1.29, 1.82) is 0 Å². The highest BCUT2D eigenvalue weighted by atomic mass is 16.3. The van der Waals surface area contributed by atoms with E-state index >= 15 is 0 Å². The van der Waals surface area contributed by atoms with Gasteiger partial charge in [0.2, 0.25) is 5.69 Å². The highest BCUT2D eigenvalue weighted by molar-refractivity contribution is 6.17. The van der Waals surface area contributed by atoms with Gasteiger partial charge in [-0.25, -0.2) is 4.57 Å². The van der Waals surface area contributed by atoms with Crippen LogP contribution in [0.1, 0.15) is 34.6 Å². The summed E-state index contributed by atoms with van der Waals surface area (Å²) in [5.74, 6) is 0. The Morgan fingerprint density at radius 3 is 2.44 bits per heavy atom. The van der Waals surface area contributed by atoms with E-state index in [4.69, 9.17) is 7.16 Å². The van der Waals surface area contributed by atoms with Crippen LogP contribution in [0.4, 0.5) is 0 Å². The van der Waals surface area contributed by atoms with E-state index in [1.807, 2.05) is 46.1 Å². The monoisotopic (exact) mass is 446 g/mol. The molecular formula is C32H30NO+. The number of furan rings is 1. The van der Waals surface area contributed by atoms with Crippen molar-refractivity contribution in [3.8, 4) is 11.3 Å². The highest BCUT2D eigenvalue weighted by Gasteiger charge is 2.22. The van der Waals surface area contributed by atoms with Gasteiger partial charge in [0.05, 0.1) is 5.56 Å². The van der Waals surface area contributed by atoms with E-state index in [0.717, 1.165) is 38.8 Å². The molecule has 2 nitrogen and oxygen atoms in total. The van der Waals surface area contributed by atoms with Crippen LogP contribution < -0.4 is 4.57 Å². The van der Waals surface area contributed by atoms with Gasteiger partial charge in [-0.15, -0.1) is 0 Å². The van der Waals surface area contributed by atoms with Crippen molar-refractivity contribution in [2.75, 3.05) is 0 Å². The lowest BCUT2D eigenvalue weighted by atomic mass is 9.88. The first kappa shape index (κ1) is 18.7. The van der Waals surface area contributed by atoms with Gasteiger partial charge < -0.3 is 4.42 Å². The van der Waals surface area contributed by atoms with E-state index in [0.29, 0.717) is 5.56 Å². The third kappa shape index (κ3) is 3.37. The second kappa shape index (κ2) is 7.43. The van der Waals surface area contributed by atoms with E-state index < -0.39 is 11.8 Å². The van der Waals surface area contributed by atoms with Gasteiger partial charge in [-0.05, 0) is 63.5 Å². The minimum atomic E-state index is -1.48. The predicted molar refractivity (Wildman–Crippen MR) is 143 cm³/mol. The molecule has 34 heavy (non-hydrogen) atoms. The SMILES string of the molecule is [2H]C([2H])(c1cc[n+](C)c(-c2c(C)ccc3c2oc2cc4c(ccc5ccccc54)cc23)c1)C(C)(C)C. The van der Waals surface area contributed by atoms with Crippen LogP contribution in [0.3, 0.4) is 0 Å². The van der Waals surface area contributed by atoms with E-state index in [1.165, 1.54) is 21.5 Å². The van der Waals surface area contributed by atoms with Gasteiger partial charge in [-0.1, -0.05) is 69.3 Å². The summed E-state index contributed by atoms with van der Waals surface area (Å²) in [6, 6.07) is 25.4. The summed E-state index contributed by atoms with van der Waals surface area (Å²) >= 11 is 0. The topological polar surface area (TPSA) is 17.0 Å². The summed E-state index contributed by atoms with van der Waals surface area (Å²) in [5, 5.41) is 6.98. The Kier molecular flexibility index (Phi) is 4.09. The lowest BCUT2D eigenvalue weighted by molar-refractivity contribution is -0.660. The summed E-state index contributed by atoms with van der Waals surface area (Å²) in [5.41, 5.74) is 4.89. The third-order valence-electron chi connectivity index (χ3n) is 6.64. The molecule has 0 N–H and O–H groups in total. The lowest BCUT2D eigenvalue weighted by Gasteiger charge is -2.18.